The van der Waals surface area contributed by atoms with Crippen LogP contribution in [-0.4, -0.2) is 27.6 Å². The lowest BCUT2D eigenvalue weighted by molar-refractivity contribution is -0.141. The fourth-order valence-corrected chi connectivity index (χ4v) is 2.48. The second-order valence-corrected chi connectivity index (χ2v) is 5.03. The number of carboxylic acid groups (broad SMARTS) is 1. The Morgan fingerprint density at radius 3 is 2.89 bits per heavy atom. The Bertz CT molecular complexity index is 448. The third-order valence-corrected chi connectivity index (χ3v) is 3.73. The smallest absolute Gasteiger partial charge is 0.308 e. The van der Waals surface area contributed by atoms with Gasteiger partial charge in [-0.15, -0.1) is 0 Å². The molecule has 0 fully saturated rings. The summed E-state index contributed by atoms with van der Waals surface area (Å²) < 4.78 is 0. The van der Waals surface area contributed by atoms with E-state index in [9.17, 15) is 4.79 Å². The maximum atomic E-state index is 11.0. The van der Waals surface area contributed by atoms with E-state index in [-0.39, 0.29) is 5.92 Å². The van der Waals surface area contributed by atoms with Gasteiger partial charge in [0.2, 0.25) is 0 Å². The van der Waals surface area contributed by atoms with Crippen LogP contribution in [0.3, 0.4) is 0 Å². The highest BCUT2D eigenvalue weighted by Gasteiger charge is 2.18. The predicted octanol–water partition coefficient (Wildman–Crippen LogP) is 2.27. The Balaban J connectivity index is 2.10. The molecule has 0 saturated carbocycles. The second kappa shape index (κ2) is 6.50. The van der Waals surface area contributed by atoms with Crippen LogP contribution in [0.5, 0.6) is 0 Å². The van der Waals surface area contributed by atoms with Crippen molar-refractivity contribution in [3.8, 4) is 0 Å². The molecule has 0 radical (unpaired) electrons. The summed E-state index contributed by atoms with van der Waals surface area (Å²) in [7, 11) is 0. The normalized spacial score (nSPS) is 16.3. The monoisotopic (exact) mass is 263 g/mol. The molecule has 1 unspecified atom stereocenters. The van der Waals surface area contributed by atoms with Crippen LogP contribution in [0.1, 0.15) is 43.9 Å². The maximum absolute atomic E-state index is 11.0. The van der Waals surface area contributed by atoms with E-state index in [0.29, 0.717) is 13.0 Å². The van der Waals surface area contributed by atoms with Gasteiger partial charge in [-0.3, -0.25) is 4.79 Å². The molecule has 1 aromatic heterocycles. The summed E-state index contributed by atoms with van der Waals surface area (Å²) in [6.45, 7) is 2.32. The lowest BCUT2D eigenvalue weighted by Crippen LogP contribution is -2.23. The summed E-state index contributed by atoms with van der Waals surface area (Å²) in [5.41, 5.74) is 2.30. The van der Waals surface area contributed by atoms with E-state index in [2.05, 4.69) is 15.3 Å². The number of rotatable bonds is 5. The fraction of sp³-hybridized carbons (Fsp3) is 0.643. The van der Waals surface area contributed by atoms with Crippen LogP contribution in [0.25, 0.3) is 0 Å². The minimum atomic E-state index is -0.754. The Morgan fingerprint density at radius 1 is 1.37 bits per heavy atom. The van der Waals surface area contributed by atoms with Crippen LogP contribution >= 0.6 is 0 Å². The SMILES string of the molecule is CCC(CNc1ncnc2c1CCCCC2)C(=O)O. The van der Waals surface area contributed by atoms with Crippen LogP contribution in [0.15, 0.2) is 6.33 Å². The Labute approximate surface area is 113 Å². The van der Waals surface area contributed by atoms with E-state index >= 15 is 0 Å². The van der Waals surface area contributed by atoms with E-state index in [0.717, 1.165) is 30.8 Å². The van der Waals surface area contributed by atoms with E-state index < -0.39 is 5.97 Å². The molecule has 2 rings (SSSR count). The fourth-order valence-electron chi connectivity index (χ4n) is 2.48. The van der Waals surface area contributed by atoms with Gasteiger partial charge in [-0.25, -0.2) is 9.97 Å². The Hall–Kier alpha value is -1.65. The quantitative estimate of drug-likeness (QED) is 0.797. The number of aliphatic carboxylic acids is 1. The van der Waals surface area contributed by atoms with Gasteiger partial charge in [0.1, 0.15) is 12.1 Å². The number of hydrogen-bond donors (Lipinski definition) is 2. The van der Waals surface area contributed by atoms with Crippen molar-refractivity contribution < 1.29 is 9.90 Å². The molecular weight excluding hydrogens is 242 g/mol. The summed E-state index contributed by atoms with van der Waals surface area (Å²) in [5, 5.41) is 12.3. The Kier molecular flexibility index (Phi) is 4.71. The molecule has 0 aromatic carbocycles. The van der Waals surface area contributed by atoms with Crippen molar-refractivity contribution in [1.82, 2.24) is 9.97 Å². The highest BCUT2D eigenvalue weighted by molar-refractivity contribution is 5.70. The number of aryl methyl sites for hydroxylation is 1. The lowest BCUT2D eigenvalue weighted by atomic mass is 10.1. The third kappa shape index (κ3) is 3.43. The summed E-state index contributed by atoms with van der Waals surface area (Å²) in [4.78, 5) is 19.7. The zero-order valence-corrected chi connectivity index (χ0v) is 11.4. The number of anilines is 1. The van der Waals surface area contributed by atoms with Crippen molar-refractivity contribution in [2.24, 2.45) is 5.92 Å². The number of hydrogen-bond acceptors (Lipinski definition) is 4. The number of fused-ring (bicyclic) bond motifs is 1. The van der Waals surface area contributed by atoms with Crippen molar-refractivity contribution >= 4 is 11.8 Å². The molecule has 5 nitrogen and oxygen atoms in total. The van der Waals surface area contributed by atoms with Crippen molar-refractivity contribution in [3.05, 3.63) is 17.6 Å². The first-order chi connectivity index (χ1) is 9.22. The molecule has 19 heavy (non-hydrogen) atoms. The molecule has 0 amide bonds. The number of carboxylic acids is 1. The van der Waals surface area contributed by atoms with Crippen LogP contribution in [-0.2, 0) is 17.6 Å². The summed E-state index contributed by atoms with van der Waals surface area (Å²) in [6.07, 6.45) is 7.75. The minimum absolute atomic E-state index is 0.364. The van der Waals surface area contributed by atoms with Gasteiger partial charge >= 0.3 is 5.97 Å². The zero-order chi connectivity index (χ0) is 13.7. The number of carbonyl (C=O) groups is 1. The first kappa shape index (κ1) is 13.8. The van der Waals surface area contributed by atoms with Crippen LogP contribution in [0, 0.1) is 5.92 Å². The van der Waals surface area contributed by atoms with Gasteiger partial charge in [-0.1, -0.05) is 13.3 Å². The van der Waals surface area contributed by atoms with Gasteiger partial charge in [0, 0.05) is 17.8 Å². The number of aromatic nitrogens is 2. The second-order valence-electron chi connectivity index (χ2n) is 5.03. The highest BCUT2D eigenvalue weighted by Crippen LogP contribution is 2.24. The Morgan fingerprint density at radius 2 is 2.16 bits per heavy atom. The maximum Gasteiger partial charge on any atom is 0.308 e. The molecule has 1 aliphatic carbocycles. The van der Waals surface area contributed by atoms with E-state index in [1.807, 2.05) is 6.92 Å². The first-order valence-corrected chi connectivity index (χ1v) is 7.01. The van der Waals surface area contributed by atoms with E-state index in [1.54, 1.807) is 6.33 Å². The third-order valence-electron chi connectivity index (χ3n) is 3.73. The molecule has 0 spiro atoms. The van der Waals surface area contributed by atoms with E-state index in [4.69, 9.17) is 5.11 Å². The van der Waals surface area contributed by atoms with Crippen LogP contribution < -0.4 is 5.32 Å². The van der Waals surface area contributed by atoms with Crippen molar-refractivity contribution in [1.29, 1.82) is 0 Å². The summed E-state index contributed by atoms with van der Waals surface area (Å²) >= 11 is 0. The molecule has 1 atom stereocenters. The minimum Gasteiger partial charge on any atom is -0.481 e. The van der Waals surface area contributed by atoms with Gasteiger partial charge in [-0.05, 0) is 32.1 Å². The average molecular weight is 263 g/mol. The molecule has 1 heterocycles. The average Bonchev–Trinajstić information content (AvgIpc) is 2.64. The summed E-state index contributed by atoms with van der Waals surface area (Å²) in [5.74, 6) is -0.293. The zero-order valence-electron chi connectivity index (χ0n) is 11.4. The van der Waals surface area contributed by atoms with Gasteiger partial charge in [-0.2, -0.15) is 0 Å². The largest absolute Gasteiger partial charge is 0.481 e. The van der Waals surface area contributed by atoms with Gasteiger partial charge in [0.05, 0.1) is 5.92 Å². The number of nitrogens with one attached hydrogen (secondary N) is 1. The predicted molar refractivity (Wildman–Crippen MR) is 73.2 cm³/mol. The van der Waals surface area contributed by atoms with Gasteiger partial charge in [0.25, 0.3) is 0 Å². The number of nitrogens with zero attached hydrogens (tertiary/aromatic N) is 2. The topological polar surface area (TPSA) is 75.1 Å². The van der Waals surface area contributed by atoms with Gasteiger partial charge < -0.3 is 10.4 Å². The highest BCUT2D eigenvalue weighted by atomic mass is 16.4. The van der Waals surface area contributed by atoms with E-state index in [1.165, 1.54) is 18.4 Å². The molecular formula is C14H21N3O2. The van der Waals surface area contributed by atoms with Gasteiger partial charge in [0.15, 0.2) is 0 Å². The van der Waals surface area contributed by atoms with Crippen molar-refractivity contribution in [2.45, 2.75) is 45.4 Å². The van der Waals surface area contributed by atoms with Crippen molar-refractivity contribution in [2.75, 3.05) is 11.9 Å². The van der Waals surface area contributed by atoms with Crippen LogP contribution in [0.4, 0.5) is 5.82 Å². The molecule has 0 bridgehead atoms. The standard InChI is InChI=1S/C14H21N3O2/c1-2-10(14(18)19)8-15-13-11-6-4-3-5-7-12(11)16-9-17-13/h9-10H,2-8H2,1H3,(H,18,19)(H,15,16,17). The van der Waals surface area contributed by atoms with Crippen molar-refractivity contribution in [3.63, 3.8) is 0 Å². The molecule has 1 aliphatic rings. The molecule has 0 aliphatic heterocycles. The summed E-state index contributed by atoms with van der Waals surface area (Å²) in [6, 6.07) is 0. The lowest BCUT2D eigenvalue weighted by Gasteiger charge is -2.15. The molecule has 1 aromatic rings. The first-order valence-electron chi connectivity index (χ1n) is 7.01. The molecule has 0 saturated heterocycles. The molecule has 5 heteroatoms. The molecule has 104 valence electrons. The molecule has 2 N–H and O–H groups in total. The van der Waals surface area contributed by atoms with Crippen LogP contribution in [0.2, 0.25) is 0 Å².